The standard InChI is InChI=1S/C23H34N4OS/c1-6-19(15-27-11-9-26(5)10-12-27)25-22(28)14-21-23(24-18(4)29-21)20-8-7-16(2)13-17(20)3/h7-8,13,19H,6,9-12,14-15H2,1-5H3,(H,25,28)/t19-/m0/s1. The average molecular weight is 415 g/mol. The third-order valence-corrected chi connectivity index (χ3v) is 6.67. The van der Waals surface area contributed by atoms with Crippen LogP contribution in [-0.4, -0.2) is 66.5 Å². The highest BCUT2D eigenvalue weighted by Crippen LogP contribution is 2.31. The largest absolute Gasteiger partial charge is 0.352 e. The molecule has 1 saturated heterocycles. The Hall–Kier alpha value is -1.76. The number of aromatic nitrogens is 1. The normalized spacial score (nSPS) is 16.7. The highest BCUT2D eigenvalue weighted by Gasteiger charge is 2.21. The molecule has 0 saturated carbocycles. The van der Waals surface area contributed by atoms with Crippen LogP contribution in [0, 0.1) is 20.8 Å². The van der Waals surface area contributed by atoms with Crippen LogP contribution < -0.4 is 5.32 Å². The molecule has 2 aromatic rings. The number of nitrogens with zero attached hydrogens (tertiary/aromatic N) is 3. The summed E-state index contributed by atoms with van der Waals surface area (Å²) in [6.45, 7) is 13.7. The van der Waals surface area contributed by atoms with Gasteiger partial charge in [0.25, 0.3) is 0 Å². The van der Waals surface area contributed by atoms with Crippen LogP contribution in [0.5, 0.6) is 0 Å². The number of piperazine rings is 1. The van der Waals surface area contributed by atoms with Crippen molar-refractivity contribution in [2.75, 3.05) is 39.8 Å². The Kier molecular flexibility index (Phi) is 7.44. The Labute approximate surface area is 179 Å². The van der Waals surface area contributed by atoms with Gasteiger partial charge in [-0.3, -0.25) is 9.69 Å². The first-order chi connectivity index (χ1) is 13.9. The number of thiazole rings is 1. The van der Waals surface area contributed by atoms with Crippen molar-refractivity contribution in [3.8, 4) is 11.3 Å². The van der Waals surface area contributed by atoms with Crippen molar-refractivity contribution in [3.63, 3.8) is 0 Å². The van der Waals surface area contributed by atoms with E-state index in [0.29, 0.717) is 6.42 Å². The van der Waals surface area contributed by atoms with Crippen LogP contribution in [-0.2, 0) is 11.2 Å². The number of amides is 1. The summed E-state index contributed by atoms with van der Waals surface area (Å²) in [5, 5.41) is 4.28. The molecule has 5 nitrogen and oxygen atoms in total. The Morgan fingerprint density at radius 3 is 2.59 bits per heavy atom. The van der Waals surface area contributed by atoms with Crippen molar-refractivity contribution >= 4 is 17.2 Å². The second-order valence-corrected chi connectivity index (χ2v) is 9.56. The fourth-order valence-electron chi connectivity index (χ4n) is 3.92. The smallest absolute Gasteiger partial charge is 0.225 e. The number of hydrogen-bond acceptors (Lipinski definition) is 5. The van der Waals surface area contributed by atoms with Crippen molar-refractivity contribution in [3.05, 3.63) is 39.2 Å². The Balaban J connectivity index is 1.65. The summed E-state index contributed by atoms with van der Waals surface area (Å²) in [4.78, 5) is 23.5. The van der Waals surface area contributed by atoms with Crippen LogP contribution in [0.1, 0.15) is 34.4 Å². The van der Waals surface area contributed by atoms with Gasteiger partial charge < -0.3 is 10.2 Å². The molecule has 0 aliphatic carbocycles. The van der Waals surface area contributed by atoms with Crippen LogP contribution in [0.2, 0.25) is 0 Å². The van der Waals surface area contributed by atoms with E-state index in [1.54, 1.807) is 11.3 Å². The van der Waals surface area contributed by atoms with Crippen molar-refractivity contribution in [1.82, 2.24) is 20.1 Å². The van der Waals surface area contributed by atoms with E-state index in [1.165, 1.54) is 11.1 Å². The minimum Gasteiger partial charge on any atom is -0.352 e. The Morgan fingerprint density at radius 2 is 1.93 bits per heavy atom. The van der Waals surface area contributed by atoms with E-state index in [4.69, 9.17) is 4.98 Å². The number of carbonyl (C=O) groups is 1. The van der Waals surface area contributed by atoms with Gasteiger partial charge in [-0.25, -0.2) is 4.98 Å². The van der Waals surface area contributed by atoms with Crippen LogP contribution >= 0.6 is 11.3 Å². The van der Waals surface area contributed by atoms with E-state index in [-0.39, 0.29) is 11.9 Å². The fraction of sp³-hybridized carbons (Fsp3) is 0.565. The predicted molar refractivity (Wildman–Crippen MR) is 122 cm³/mol. The number of hydrogen-bond donors (Lipinski definition) is 1. The van der Waals surface area contributed by atoms with Crippen LogP contribution in [0.25, 0.3) is 11.3 Å². The molecule has 1 aromatic heterocycles. The molecule has 1 N–H and O–H groups in total. The molecule has 1 fully saturated rings. The van der Waals surface area contributed by atoms with Crippen LogP contribution in [0.3, 0.4) is 0 Å². The van der Waals surface area contributed by atoms with Gasteiger partial charge in [0.05, 0.1) is 17.1 Å². The summed E-state index contributed by atoms with van der Waals surface area (Å²) in [6.07, 6.45) is 1.34. The third kappa shape index (κ3) is 5.87. The molecule has 0 unspecified atom stereocenters. The van der Waals surface area contributed by atoms with Gasteiger partial charge in [0, 0.05) is 49.2 Å². The van der Waals surface area contributed by atoms with Gasteiger partial charge >= 0.3 is 0 Å². The lowest BCUT2D eigenvalue weighted by atomic mass is 10.0. The number of rotatable bonds is 7. The summed E-state index contributed by atoms with van der Waals surface area (Å²) >= 11 is 1.63. The number of aryl methyl sites for hydroxylation is 3. The Bertz CT molecular complexity index is 839. The van der Waals surface area contributed by atoms with Gasteiger partial charge in [-0.15, -0.1) is 11.3 Å². The zero-order valence-corrected chi connectivity index (χ0v) is 19.2. The highest BCUT2D eigenvalue weighted by atomic mass is 32.1. The zero-order chi connectivity index (χ0) is 21.0. The lowest BCUT2D eigenvalue weighted by Gasteiger charge is -2.34. The zero-order valence-electron chi connectivity index (χ0n) is 18.4. The average Bonchev–Trinajstić information content (AvgIpc) is 3.02. The molecule has 1 aromatic carbocycles. The van der Waals surface area contributed by atoms with Crippen molar-refractivity contribution in [2.45, 2.75) is 46.6 Å². The Morgan fingerprint density at radius 1 is 1.21 bits per heavy atom. The molecule has 1 aliphatic heterocycles. The maximum atomic E-state index is 12.8. The molecule has 1 atom stereocenters. The van der Waals surface area contributed by atoms with Gasteiger partial charge in [0.2, 0.25) is 5.91 Å². The van der Waals surface area contributed by atoms with E-state index >= 15 is 0 Å². The summed E-state index contributed by atoms with van der Waals surface area (Å²) in [7, 11) is 2.17. The fourth-order valence-corrected chi connectivity index (χ4v) is 4.87. The summed E-state index contributed by atoms with van der Waals surface area (Å²) in [6, 6.07) is 6.62. The second kappa shape index (κ2) is 9.83. The first-order valence-corrected chi connectivity index (χ1v) is 11.4. The maximum Gasteiger partial charge on any atom is 0.225 e. The lowest BCUT2D eigenvalue weighted by Crippen LogP contribution is -2.50. The van der Waals surface area contributed by atoms with Crippen LogP contribution in [0.15, 0.2) is 18.2 Å². The SMILES string of the molecule is CC[C@@H](CN1CCN(C)CC1)NC(=O)Cc1sc(C)nc1-c1ccc(C)cc1C. The number of likely N-dealkylation sites (N-methyl/N-ethyl adjacent to an activating group) is 1. The van der Waals surface area contributed by atoms with E-state index in [9.17, 15) is 4.79 Å². The second-order valence-electron chi connectivity index (χ2n) is 8.28. The molecule has 1 amide bonds. The molecule has 1 aliphatic rings. The molecule has 158 valence electrons. The number of nitrogens with one attached hydrogen (secondary N) is 1. The molecule has 29 heavy (non-hydrogen) atoms. The molecule has 2 heterocycles. The minimum absolute atomic E-state index is 0.0978. The van der Waals surface area contributed by atoms with E-state index in [2.05, 4.69) is 61.1 Å². The monoisotopic (exact) mass is 414 g/mol. The third-order valence-electron chi connectivity index (χ3n) is 5.69. The van der Waals surface area contributed by atoms with Gasteiger partial charge in [0.15, 0.2) is 0 Å². The molecule has 6 heteroatoms. The molecule has 3 rings (SSSR count). The molecular weight excluding hydrogens is 380 g/mol. The highest BCUT2D eigenvalue weighted by molar-refractivity contribution is 7.12. The molecule has 0 spiro atoms. The molecular formula is C23H34N4OS. The van der Waals surface area contributed by atoms with Crippen molar-refractivity contribution < 1.29 is 4.79 Å². The van der Waals surface area contributed by atoms with E-state index in [0.717, 1.165) is 60.3 Å². The topological polar surface area (TPSA) is 48.5 Å². The molecule has 0 bridgehead atoms. The number of carbonyl (C=O) groups excluding carboxylic acids is 1. The van der Waals surface area contributed by atoms with Crippen molar-refractivity contribution in [1.29, 1.82) is 0 Å². The predicted octanol–water partition coefficient (Wildman–Crippen LogP) is 3.42. The maximum absolute atomic E-state index is 12.8. The summed E-state index contributed by atoms with van der Waals surface area (Å²) < 4.78 is 0. The summed E-state index contributed by atoms with van der Waals surface area (Å²) in [5.74, 6) is 0.0978. The first-order valence-electron chi connectivity index (χ1n) is 10.6. The quantitative estimate of drug-likeness (QED) is 0.754. The summed E-state index contributed by atoms with van der Waals surface area (Å²) in [5.41, 5.74) is 4.55. The minimum atomic E-state index is 0.0978. The van der Waals surface area contributed by atoms with Crippen LogP contribution in [0.4, 0.5) is 0 Å². The van der Waals surface area contributed by atoms with E-state index in [1.807, 2.05) is 6.92 Å². The van der Waals surface area contributed by atoms with Crippen molar-refractivity contribution in [2.24, 2.45) is 0 Å². The van der Waals surface area contributed by atoms with Gasteiger partial charge in [-0.2, -0.15) is 0 Å². The van der Waals surface area contributed by atoms with Gasteiger partial charge in [-0.05, 0) is 39.8 Å². The van der Waals surface area contributed by atoms with Gasteiger partial charge in [-0.1, -0.05) is 30.7 Å². The first kappa shape index (κ1) is 21.9. The number of benzene rings is 1. The van der Waals surface area contributed by atoms with Gasteiger partial charge in [0.1, 0.15) is 0 Å². The lowest BCUT2D eigenvalue weighted by molar-refractivity contribution is -0.121. The molecule has 0 radical (unpaired) electrons. The van der Waals surface area contributed by atoms with E-state index < -0.39 is 0 Å².